The van der Waals surface area contributed by atoms with Gasteiger partial charge in [-0.2, -0.15) is 39.5 Å². The van der Waals surface area contributed by atoms with E-state index < -0.39 is 53.3 Å². The van der Waals surface area contributed by atoms with E-state index in [2.05, 4.69) is 0 Å². The quantitative estimate of drug-likeness (QED) is 0.702. The van der Waals surface area contributed by atoms with Gasteiger partial charge in [-0.15, -0.1) is 0 Å². The van der Waals surface area contributed by atoms with E-state index in [9.17, 15) is 48.5 Å². The molecule has 0 aromatic carbocycles. The summed E-state index contributed by atoms with van der Waals surface area (Å²) in [4.78, 5) is 10.3. The predicted octanol–water partition coefficient (Wildman–Crippen LogP) is 2.48. The monoisotopic (exact) mass is 369 g/mol. The van der Waals surface area contributed by atoms with Crippen LogP contribution in [0.15, 0.2) is 0 Å². The third-order valence-electron chi connectivity index (χ3n) is 2.23. The summed E-state index contributed by atoms with van der Waals surface area (Å²) < 4.78 is 124. The van der Waals surface area contributed by atoms with Gasteiger partial charge in [0.2, 0.25) is 0 Å². The summed E-state index contributed by atoms with van der Waals surface area (Å²) >= 11 is 0. The minimum Gasteiger partial charge on any atom is -0.480 e. The molecule has 0 fully saturated rings. The average Bonchev–Trinajstić information content (AvgIpc) is 2.32. The van der Waals surface area contributed by atoms with Crippen LogP contribution in [-0.2, 0) is 15.8 Å². The van der Waals surface area contributed by atoms with Crippen molar-refractivity contribution in [3.8, 4) is 0 Å². The van der Waals surface area contributed by atoms with Gasteiger partial charge in [0.05, 0.1) is 0 Å². The minimum absolute atomic E-state index is 0.386. The van der Waals surface area contributed by atoms with Crippen molar-refractivity contribution < 1.29 is 53.6 Å². The van der Waals surface area contributed by atoms with E-state index in [-0.39, 0.29) is 4.31 Å². The van der Waals surface area contributed by atoms with Crippen molar-refractivity contribution in [2.24, 2.45) is 0 Å². The molecular formula is C8H8F9NO3S. The number of nitrogens with zero attached hydrogens (tertiary/aromatic N) is 1. The Labute approximate surface area is 119 Å². The van der Waals surface area contributed by atoms with Crippen molar-refractivity contribution >= 4 is 17.0 Å². The highest BCUT2D eigenvalue weighted by Crippen LogP contribution is 2.54. The minimum atomic E-state index is -7.18. The number of carboxylic acids is 1. The Morgan fingerprint density at radius 1 is 1.00 bits per heavy atom. The Morgan fingerprint density at radius 3 is 1.68 bits per heavy atom. The smallest absolute Gasteiger partial charge is 0.460 e. The van der Waals surface area contributed by atoms with Gasteiger partial charge in [0.25, 0.3) is 0 Å². The van der Waals surface area contributed by atoms with Gasteiger partial charge >= 0.3 is 29.2 Å². The molecule has 1 unspecified atom stereocenters. The average molecular weight is 369 g/mol. The number of hydrogen-bond acceptors (Lipinski definition) is 2. The maximum Gasteiger partial charge on any atom is 0.460 e. The Kier molecular flexibility index (Phi) is 5.92. The van der Waals surface area contributed by atoms with Crippen molar-refractivity contribution in [1.82, 2.24) is 4.31 Å². The lowest BCUT2D eigenvalue weighted by atomic mass is 10.1. The first-order valence-corrected chi connectivity index (χ1v) is 6.23. The fourth-order valence-corrected chi connectivity index (χ4v) is 2.21. The maximum atomic E-state index is 13.2. The third kappa shape index (κ3) is 3.47. The molecule has 0 saturated carbocycles. The summed E-state index contributed by atoms with van der Waals surface area (Å²) in [6, 6.07) is 0. The van der Waals surface area contributed by atoms with Gasteiger partial charge in [-0.1, -0.05) is 6.92 Å². The lowest BCUT2D eigenvalue weighted by Gasteiger charge is -2.34. The summed E-state index contributed by atoms with van der Waals surface area (Å²) in [6.07, 6.45) is -7.03. The first-order chi connectivity index (χ1) is 9.54. The van der Waals surface area contributed by atoms with Crippen LogP contribution in [0.5, 0.6) is 0 Å². The van der Waals surface area contributed by atoms with Crippen LogP contribution in [0.4, 0.5) is 39.5 Å². The number of carboxylic acid groups (broad SMARTS) is 1. The summed E-state index contributed by atoms with van der Waals surface area (Å²) in [5.41, 5.74) is 0. The zero-order valence-electron chi connectivity index (χ0n) is 10.4. The number of carbonyl (C=O) groups is 1. The number of hydrogen-bond donors (Lipinski definition) is 1. The van der Waals surface area contributed by atoms with Crippen LogP contribution >= 0.6 is 0 Å². The second-order valence-corrected chi connectivity index (χ2v) is 5.29. The van der Waals surface area contributed by atoms with Gasteiger partial charge in [0, 0.05) is 6.54 Å². The highest BCUT2D eigenvalue weighted by atomic mass is 32.2. The van der Waals surface area contributed by atoms with Crippen LogP contribution in [0.2, 0.25) is 0 Å². The highest BCUT2D eigenvalue weighted by molar-refractivity contribution is 7.83. The number of rotatable bonds is 7. The van der Waals surface area contributed by atoms with Crippen LogP contribution in [0.25, 0.3) is 0 Å². The molecule has 1 N–H and O–H groups in total. The molecule has 14 heteroatoms. The second kappa shape index (κ2) is 6.22. The zero-order valence-corrected chi connectivity index (χ0v) is 11.3. The fourth-order valence-electron chi connectivity index (χ4n) is 1.07. The molecule has 0 amide bonds. The van der Waals surface area contributed by atoms with Crippen molar-refractivity contribution in [2.75, 3.05) is 13.1 Å². The van der Waals surface area contributed by atoms with Crippen molar-refractivity contribution in [3.63, 3.8) is 0 Å². The molecule has 22 heavy (non-hydrogen) atoms. The molecule has 0 rings (SSSR count). The Balaban J connectivity index is 5.79. The van der Waals surface area contributed by atoms with Gasteiger partial charge in [-0.25, -0.2) is 8.51 Å². The van der Waals surface area contributed by atoms with E-state index in [1.54, 1.807) is 0 Å². The van der Waals surface area contributed by atoms with Crippen molar-refractivity contribution in [1.29, 1.82) is 0 Å². The molecule has 0 bridgehead atoms. The van der Waals surface area contributed by atoms with E-state index in [1.165, 1.54) is 0 Å². The SMILES string of the molecule is CCN(CC(=O)O)S(=O)C(F)(F)C(F)(F)C(F)(F)C(F)(F)F. The third-order valence-corrected chi connectivity index (χ3v) is 3.79. The molecule has 1 atom stereocenters. The van der Waals surface area contributed by atoms with Gasteiger partial charge < -0.3 is 5.11 Å². The Bertz CT molecular complexity index is 451. The van der Waals surface area contributed by atoms with E-state index in [0.29, 0.717) is 0 Å². The van der Waals surface area contributed by atoms with Crippen LogP contribution in [0.3, 0.4) is 0 Å². The van der Waals surface area contributed by atoms with E-state index in [1.807, 2.05) is 0 Å². The van der Waals surface area contributed by atoms with E-state index in [0.717, 1.165) is 6.92 Å². The standard InChI is InChI=1S/C8H8F9NO3S/c1-2-18(3-4(19)20)22(21)8(16,17)6(11,12)5(9,10)7(13,14)15/h2-3H2,1H3,(H,19,20). The Morgan fingerprint density at radius 2 is 1.41 bits per heavy atom. The number of likely N-dealkylation sites (N-methyl/N-ethyl adjacent to an activating group) is 1. The molecule has 0 aliphatic heterocycles. The lowest BCUT2D eigenvalue weighted by molar-refractivity contribution is -0.382. The molecule has 0 radical (unpaired) electrons. The van der Waals surface area contributed by atoms with Crippen LogP contribution in [0, 0.1) is 0 Å². The van der Waals surface area contributed by atoms with Crippen LogP contribution in [-0.4, -0.2) is 56.0 Å². The molecule has 132 valence electrons. The fraction of sp³-hybridized carbons (Fsp3) is 0.875. The maximum absolute atomic E-state index is 13.2. The van der Waals surface area contributed by atoms with Crippen molar-refractivity contribution in [2.45, 2.75) is 30.2 Å². The van der Waals surface area contributed by atoms with E-state index >= 15 is 0 Å². The molecular weight excluding hydrogens is 361 g/mol. The second-order valence-electron chi connectivity index (χ2n) is 3.76. The predicted molar refractivity (Wildman–Crippen MR) is 53.9 cm³/mol. The molecule has 0 aromatic heterocycles. The molecule has 0 saturated heterocycles. The van der Waals surface area contributed by atoms with Gasteiger partial charge in [0.1, 0.15) is 6.54 Å². The summed E-state index contributed by atoms with van der Waals surface area (Å²) in [5.74, 6) is -16.2. The van der Waals surface area contributed by atoms with Crippen molar-refractivity contribution in [3.05, 3.63) is 0 Å². The molecule has 0 aliphatic rings. The molecule has 0 spiro atoms. The lowest BCUT2D eigenvalue weighted by Crippen LogP contribution is -2.63. The first kappa shape index (κ1) is 20.9. The van der Waals surface area contributed by atoms with Gasteiger partial charge in [-0.05, 0) is 0 Å². The van der Waals surface area contributed by atoms with Crippen LogP contribution in [0.1, 0.15) is 6.92 Å². The van der Waals surface area contributed by atoms with Gasteiger partial charge in [0.15, 0.2) is 11.0 Å². The van der Waals surface area contributed by atoms with E-state index in [4.69, 9.17) is 5.11 Å². The molecule has 0 heterocycles. The first-order valence-electron chi connectivity index (χ1n) is 5.13. The largest absolute Gasteiger partial charge is 0.480 e. The topological polar surface area (TPSA) is 57.6 Å². The van der Waals surface area contributed by atoms with Gasteiger partial charge in [-0.3, -0.25) is 4.79 Å². The number of halogens is 9. The number of alkyl halides is 9. The summed E-state index contributed by atoms with van der Waals surface area (Å²) in [5, 5.41) is 1.92. The highest BCUT2D eigenvalue weighted by Gasteiger charge is 2.84. The summed E-state index contributed by atoms with van der Waals surface area (Å²) in [6.45, 7) is -1.56. The summed E-state index contributed by atoms with van der Waals surface area (Å²) in [7, 11) is -4.45. The van der Waals surface area contributed by atoms with Crippen LogP contribution < -0.4 is 0 Å². The molecule has 0 aromatic rings. The molecule has 4 nitrogen and oxygen atoms in total. The molecule has 0 aliphatic carbocycles. The Hall–Kier alpha value is -1.05. The number of aliphatic carboxylic acids is 1. The normalized spacial score (nSPS) is 16.0. The zero-order chi connectivity index (χ0) is 18.1.